The minimum atomic E-state index is -1.04. The molecule has 5 nitrogen and oxygen atoms in total. The van der Waals surface area contributed by atoms with Gasteiger partial charge in [-0.2, -0.15) is 0 Å². The Hall–Kier alpha value is -2.04. The fraction of sp³-hybridized carbons (Fsp3) is 0.467. The maximum Gasteiger partial charge on any atom is 0.331 e. The number of benzene rings is 1. The molecule has 5 heteroatoms. The second kappa shape index (κ2) is 6.93. The number of rotatable bonds is 6. The van der Waals surface area contributed by atoms with Crippen LogP contribution in [0.4, 0.5) is 0 Å². The Balaban J connectivity index is 2.99. The zero-order valence-electron chi connectivity index (χ0n) is 12.4. The van der Waals surface area contributed by atoms with E-state index in [9.17, 15) is 9.59 Å². The molecule has 0 bridgehead atoms. The zero-order valence-corrected chi connectivity index (χ0v) is 12.4. The van der Waals surface area contributed by atoms with Gasteiger partial charge >= 0.3 is 5.97 Å². The first-order valence-corrected chi connectivity index (χ1v) is 6.52. The number of methoxy groups -OCH3 is 2. The number of carbonyl (C=O) groups is 2. The number of amides is 1. The van der Waals surface area contributed by atoms with Crippen LogP contribution in [-0.4, -0.2) is 31.6 Å². The second-order valence-corrected chi connectivity index (χ2v) is 4.73. The average molecular weight is 279 g/mol. The van der Waals surface area contributed by atoms with E-state index in [-0.39, 0.29) is 5.91 Å². The predicted octanol–water partition coefficient (Wildman–Crippen LogP) is 2.16. The van der Waals surface area contributed by atoms with Crippen LogP contribution in [0.25, 0.3) is 0 Å². The van der Waals surface area contributed by atoms with Gasteiger partial charge in [-0.1, -0.05) is 25.5 Å². The molecule has 0 heterocycles. The van der Waals surface area contributed by atoms with E-state index in [0.717, 1.165) is 6.42 Å². The van der Waals surface area contributed by atoms with Gasteiger partial charge in [-0.15, -0.1) is 0 Å². The van der Waals surface area contributed by atoms with E-state index in [2.05, 4.69) is 5.32 Å². The Morgan fingerprint density at radius 2 is 1.90 bits per heavy atom. The summed E-state index contributed by atoms with van der Waals surface area (Å²) >= 11 is 0. The molecule has 0 saturated heterocycles. The highest BCUT2D eigenvalue weighted by Crippen LogP contribution is 2.20. The van der Waals surface area contributed by atoms with Crippen LogP contribution in [-0.2, 0) is 9.53 Å². The third kappa shape index (κ3) is 3.50. The summed E-state index contributed by atoms with van der Waals surface area (Å²) in [5, 5.41) is 2.74. The second-order valence-electron chi connectivity index (χ2n) is 4.73. The number of nitrogens with one attached hydrogen (secondary N) is 1. The highest BCUT2D eigenvalue weighted by molar-refractivity contribution is 6.00. The third-order valence-electron chi connectivity index (χ3n) is 3.13. The first kappa shape index (κ1) is 16.0. The molecule has 0 radical (unpaired) electrons. The summed E-state index contributed by atoms with van der Waals surface area (Å²) in [6.07, 6.45) is 1.25. The summed E-state index contributed by atoms with van der Waals surface area (Å²) in [6.45, 7) is 3.60. The topological polar surface area (TPSA) is 64.6 Å². The van der Waals surface area contributed by atoms with Crippen molar-refractivity contribution in [2.24, 2.45) is 0 Å². The Kier molecular flexibility index (Phi) is 5.55. The first-order chi connectivity index (χ1) is 9.48. The standard InChI is InChI=1S/C15H21NO4/c1-5-10-15(2,14(18)20-4)16-13(17)11-8-6-7-9-12(11)19-3/h6-9H,5,10H2,1-4H3,(H,16,17). The molecule has 20 heavy (non-hydrogen) atoms. The highest BCUT2D eigenvalue weighted by atomic mass is 16.5. The minimum Gasteiger partial charge on any atom is -0.496 e. The molecule has 1 aromatic rings. The normalized spacial score (nSPS) is 13.2. The molecule has 1 rings (SSSR count). The van der Waals surface area contributed by atoms with Crippen molar-refractivity contribution in [3.05, 3.63) is 29.8 Å². The number of para-hydroxylation sites is 1. The SMILES string of the molecule is CCCC(C)(NC(=O)c1ccccc1OC)C(=O)OC. The van der Waals surface area contributed by atoms with Gasteiger partial charge < -0.3 is 14.8 Å². The lowest BCUT2D eigenvalue weighted by Gasteiger charge is -2.27. The monoisotopic (exact) mass is 279 g/mol. The molecule has 1 amide bonds. The molecule has 110 valence electrons. The smallest absolute Gasteiger partial charge is 0.331 e. The van der Waals surface area contributed by atoms with Gasteiger partial charge in [-0.3, -0.25) is 4.79 Å². The molecule has 1 N–H and O–H groups in total. The van der Waals surface area contributed by atoms with E-state index >= 15 is 0 Å². The maximum absolute atomic E-state index is 12.3. The van der Waals surface area contributed by atoms with Gasteiger partial charge in [-0.05, 0) is 25.5 Å². The van der Waals surface area contributed by atoms with Crippen LogP contribution in [0.2, 0.25) is 0 Å². The summed E-state index contributed by atoms with van der Waals surface area (Å²) in [5.74, 6) is -0.347. The van der Waals surface area contributed by atoms with Crippen LogP contribution >= 0.6 is 0 Å². The summed E-state index contributed by atoms with van der Waals surface area (Å²) < 4.78 is 9.93. The molecule has 0 fully saturated rings. The minimum absolute atomic E-state index is 0.358. The quantitative estimate of drug-likeness (QED) is 0.810. The molecule has 0 saturated carbocycles. The number of carbonyl (C=O) groups excluding carboxylic acids is 2. The largest absolute Gasteiger partial charge is 0.496 e. The van der Waals surface area contributed by atoms with Crippen LogP contribution in [0, 0.1) is 0 Å². The van der Waals surface area contributed by atoms with Gasteiger partial charge in [0.05, 0.1) is 19.8 Å². The van der Waals surface area contributed by atoms with Crippen LogP contribution in [0.1, 0.15) is 37.0 Å². The van der Waals surface area contributed by atoms with Crippen LogP contribution in [0.5, 0.6) is 5.75 Å². The molecular weight excluding hydrogens is 258 g/mol. The summed E-state index contributed by atoms with van der Waals surface area (Å²) in [5.41, 5.74) is -0.650. The van der Waals surface area contributed by atoms with Gasteiger partial charge in [0.2, 0.25) is 0 Å². The molecule has 1 unspecified atom stereocenters. The molecular formula is C15H21NO4. The van der Waals surface area contributed by atoms with Crippen molar-refractivity contribution in [3.63, 3.8) is 0 Å². The van der Waals surface area contributed by atoms with Gasteiger partial charge in [0.1, 0.15) is 11.3 Å². The molecule has 0 aromatic heterocycles. The van der Waals surface area contributed by atoms with Crippen molar-refractivity contribution in [3.8, 4) is 5.75 Å². The van der Waals surface area contributed by atoms with E-state index in [1.807, 2.05) is 6.92 Å². The van der Waals surface area contributed by atoms with Crippen LogP contribution < -0.4 is 10.1 Å². The van der Waals surface area contributed by atoms with Crippen molar-refractivity contribution in [1.29, 1.82) is 0 Å². The van der Waals surface area contributed by atoms with Crippen LogP contribution in [0.15, 0.2) is 24.3 Å². The van der Waals surface area contributed by atoms with Gasteiger partial charge in [0.25, 0.3) is 5.91 Å². The Bertz CT molecular complexity index is 487. The van der Waals surface area contributed by atoms with E-state index in [0.29, 0.717) is 17.7 Å². The first-order valence-electron chi connectivity index (χ1n) is 6.52. The molecule has 0 aliphatic heterocycles. The van der Waals surface area contributed by atoms with Crippen molar-refractivity contribution >= 4 is 11.9 Å². The summed E-state index contributed by atoms with van der Waals surface area (Å²) in [4.78, 5) is 24.2. The van der Waals surface area contributed by atoms with Crippen molar-refractivity contribution in [2.45, 2.75) is 32.2 Å². The van der Waals surface area contributed by atoms with Gasteiger partial charge in [0.15, 0.2) is 0 Å². The van der Waals surface area contributed by atoms with E-state index in [4.69, 9.17) is 9.47 Å². The highest BCUT2D eigenvalue weighted by Gasteiger charge is 2.35. The number of esters is 1. The number of hydrogen-bond acceptors (Lipinski definition) is 4. The molecule has 1 aromatic carbocycles. The lowest BCUT2D eigenvalue weighted by atomic mass is 9.95. The molecule has 0 spiro atoms. The lowest BCUT2D eigenvalue weighted by Crippen LogP contribution is -2.52. The zero-order chi connectivity index (χ0) is 15.2. The average Bonchev–Trinajstić information content (AvgIpc) is 2.46. The summed E-state index contributed by atoms with van der Waals surface area (Å²) in [6, 6.07) is 6.87. The predicted molar refractivity (Wildman–Crippen MR) is 75.8 cm³/mol. The molecule has 1 atom stereocenters. The Labute approximate surface area is 119 Å². The third-order valence-corrected chi connectivity index (χ3v) is 3.13. The summed E-state index contributed by atoms with van der Waals surface area (Å²) in [7, 11) is 2.81. The van der Waals surface area contributed by atoms with Crippen molar-refractivity contribution in [1.82, 2.24) is 5.32 Å². The van der Waals surface area contributed by atoms with Gasteiger partial charge in [-0.25, -0.2) is 4.79 Å². The number of ether oxygens (including phenoxy) is 2. The fourth-order valence-electron chi connectivity index (χ4n) is 2.09. The van der Waals surface area contributed by atoms with Crippen molar-refractivity contribution in [2.75, 3.05) is 14.2 Å². The fourth-order valence-corrected chi connectivity index (χ4v) is 2.09. The Morgan fingerprint density at radius 1 is 1.25 bits per heavy atom. The maximum atomic E-state index is 12.3. The van der Waals surface area contributed by atoms with E-state index < -0.39 is 11.5 Å². The van der Waals surface area contributed by atoms with E-state index in [1.54, 1.807) is 31.2 Å². The van der Waals surface area contributed by atoms with E-state index in [1.165, 1.54) is 14.2 Å². The lowest BCUT2D eigenvalue weighted by molar-refractivity contribution is -0.147. The molecule has 0 aliphatic rings. The van der Waals surface area contributed by atoms with Crippen molar-refractivity contribution < 1.29 is 19.1 Å². The van der Waals surface area contributed by atoms with Gasteiger partial charge in [0, 0.05) is 0 Å². The number of hydrogen-bond donors (Lipinski definition) is 1. The Morgan fingerprint density at radius 3 is 2.45 bits per heavy atom. The van der Waals surface area contributed by atoms with Crippen LogP contribution in [0.3, 0.4) is 0 Å². The molecule has 0 aliphatic carbocycles.